The van der Waals surface area contributed by atoms with Crippen molar-refractivity contribution in [2.75, 3.05) is 11.9 Å². The fourth-order valence-corrected chi connectivity index (χ4v) is 2.26. The lowest BCUT2D eigenvalue weighted by molar-refractivity contribution is 0.318. The number of hydrogen-bond donors (Lipinski definition) is 2. The van der Waals surface area contributed by atoms with Crippen LogP contribution in [0.25, 0.3) is 0 Å². The van der Waals surface area contributed by atoms with Gasteiger partial charge in [0.05, 0.1) is 0 Å². The lowest BCUT2D eigenvalue weighted by Crippen LogP contribution is -2.31. The van der Waals surface area contributed by atoms with Gasteiger partial charge in [-0.1, -0.05) is 34.4 Å². The van der Waals surface area contributed by atoms with Crippen molar-refractivity contribution in [3.8, 4) is 0 Å². The van der Waals surface area contributed by atoms with Crippen molar-refractivity contribution < 1.29 is 5.21 Å². The standard InChI is InChI=1S/C13H20BrN3O/c1-4-5-9(2)17(3)12-8-10(14)6-7-11(12)13(15)16-18/h6-9,18H,4-5H2,1-3H3,(H2,15,16). The van der Waals surface area contributed by atoms with E-state index in [0.29, 0.717) is 6.04 Å². The average Bonchev–Trinajstić information content (AvgIpc) is 2.37. The maximum atomic E-state index is 8.84. The minimum Gasteiger partial charge on any atom is -0.409 e. The average molecular weight is 314 g/mol. The molecular formula is C13H20BrN3O. The van der Waals surface area contributed by atoms with E-state index in [4.69, 9.17) is 10.9 Å². The van der Waals surface area contributed by atoms with E-state index in [1.54, 1.807) is 0 Å². The Balaban J connectivity index is 3.16. The van der Waals surface area contributed by atoms with E-state index in [0.717, 1.165) is 28.6 Å². The van der Waals surface area contributed by atoms with Gasteiger partial charge in [0.2, 0.25) is 0 Å². The van der Waals surface area contributed by atoms with Crippen LogP contribution in [0.1, 0.15) is 32.3 Å². The zero-order valence-corrected chi connectivity index (χ0v) is 12.6. The summed E-state index contributed by atoms with van der Waals surface area (Å²) in [5, 5.41) is 11.9. The summed E-state index contributed by atoms with van der Waals surface area (Å²) in [6.45, 7) is 4.33. The third-order valence-corrected chi connectivity index (χ3v) is 3.58. The minimum atomic E-state index is 0.132. The zero-order chi connectivity index (χ0) is 13.7. The summed E-state index contributed by atoms with van der Waals surface area (Å²) in [4.78, 5) is 2.15. The highest BCUT2D eigenvalue weighted by atomic mass is 79.9. The van der Waals surface area contributed by atoms with E-state index in [-0.39, 0.29) is 5.84 Å². The minimum absolute atomic E-state index is 0.132. The molecule has 0 fully saturated rings. The van der Waals surface area contributed by atoms with Gasteiger partial charge in [-0.15, -0.1) is 0 Å². The summed E-state index contributed by atoms with van der Waals surface area (Å²) in [6, 6.07) is 6.12. The molecule has 18 heavy (non-hydrogen) atoms. The second-order valence-corrected chi connectivity index (χ2v) is 5.31. The molecule has 0 radical (unpaired) electrons. The van der Waals surface area contributed by atoms with Gasteiger partial charge in [0, 0.05) is 28.8 Å². The molecule has 0 saturated carbocycles. The SMILES string of the molecule is CCCC(C)N(C)c1cc(Br)ccc1/C(N)=N/O. The van der Waals surface area contributed by atoms with E-state index >= 15 is 0 Å². The molecule has 0 spiro atoms. The van der Waals surface area contributed by atoms with Crippen LogP contribution in [0.4, 0.5) is 5.69 Å². The van der Waals surface area contributed by atoms with Gasteiger partial charge < -0.3 is 15.8 Å². The molecule has 1 unspecified atom stereocenters. The zero-order valence-electron chi connectivity index (χ0n) is 11.0. The normalized spacial score (nSPS) is 13.4. The molecule has 1 aromatic rings. The number of nitrogens with zero attached hydrogens (tertiary/aromatic N) is 2. The van der Waals surface area contributed by atoms with Gasteiger partial charge >= 0.3 is 0 Å². The number of hydrogen-bond acceptors (Lipinski definition) is 3. The first-order valence-corrected chi connectivity index (χ1v) is 6.80. The number of halogens is 1. The third-order valence-electron chi connectivity index (χ3n) is 3.09. The number of nitrogens with two attached hydrogens (primary N) is 1. The van der Waals surface area contributed by atoms with Gasteiger partial charge in [-0.05, 0) is 31.5 Å². The van der Waals surface area contributed by atoms with Gasteiger partial charge in [-0.3, -0.25) is 0 Å². The molecule has 0 amide bonds. The van der Waals surface area contributed by atoms with Crippen molar-refractivity contribution in [1.29, 1.82) is 0 Å². The predicted octanol–water partition coefficient (Wildman–Crippen LogP) is 3.17. The predicted molar refractivity (Wildman–Crippen MR) is 79.4 cm³/mol. The Morgan fingerprint density at radius 2 is 2.22 bits per heavy atom. The molecule has 0 aliphatic carbocycles. The molecular weight excluding hydrogens is 294 g/mol. The Bertz CT molecular complexity index is 434. The smallest absolute Gasteiger partial charge is 0.172 e. The molecule has 0 saturated heterocycles. The van der Waals surface area contributed by atoms with Crippen LogP contribution >= 0.6 is 15.9 Å². The van der Waals surface area contributed by atoms with Crippen molar-refractivity contribution in [2.45, 2.75) is 32.7 Å². The Hall–Kier alpha value is -1.23. The first-order valence-electron chi connectivity index (χ1n) is 6.01. The molecule has 100 valence electrons. The number of oxime groups is 1. The Labute approximate surface area is 117 Å². The molecule has 0 aliphatic rings. The second-order valence-electron chi connectivity index (χ2n) is 4.40. The highest BCUT2D eigenvalue weighted by molar-refractivity contribution is 9.10. The quantitative estimate of drug-likeness (QED) is 0.380. The summed E-state index contributed by atoms with van der Waals surface area (Å²) in [5.41, 5.74) is 7.42. The number of anilines is 1. The molecule has 4 nitrogen and oxygen atoms in total. The molecule has 1 aromatic carbocycles. The maximum Gasteiger partial charge on any atom is 0.172 e. The number of rotatable bonds is 5. The Morgan fingerprint density at radius 1 is 1.56 bits per heavy atom. The summed E-state index contributed by atoms with van der Waals surface area (Å²) < 4.78 is 0.975. The Morgan fingerprint density at radius 3 is 2.78 bits per heavy atom. The van der Waals surface area contributed by atoms with Crippen molar-refractivity contribution in [1.82, 2.24) is 0 Å². The highest BCUT2D eigenvalue weighted by Gasteiger charge is 2.15. The molecule has 1 atom stereocenters. The van der Waals surface area contributed by atoms with E-state index < -0.39 is 0 Å². The van der Waals surface area contributed by atoms with Gasteiger partial charge in [-0.2, -0.15) is 0 Å². The van der Waals surface area contributed by atoms with Gasteiger partial charge in [0.1, 0.15) is 0 Å². The topological polar surface area (TPSA) is 61.8 Å². The molecule has 0 aliphatic heterocycles. The summed E-state index contributed by atoms with van der Waals surface area (Å²) in [7, 11) is 2.02. The van der Waals surface area contributed by atoms with E-state index in [1.807, 2.05) is 25.2 Å². The third kappa shape index (κ3) is 3.38. The second kappa shape index (κ2) is 6.64. The van der Waals surface area contributed by atoms with Crippen LogP contribution in [0.5, 0.6) is 0 Å². The van der Waals surface area contributed by atoms with E-state index in [1.165, 1.54) is 0 Å². The number of amidine groups is 1. The molecule has 5 heteroatoms. The lowest BCUT2D eigenvalue weighted by atomic mass is 10.1. The maximum absolute atomic E-state index is 8.84. The van der Waals surface area contributed by atoms with E-state index in [9.17, 15) is 0 Å². The van der Waals surface area contributed by atoms with Crippen LogP contribution in [0.3, 0.4) is 0 Å². The highest BCUT2D eigenvalue weighted by Crippen LogP contribution is 2.26. The van der Waals surface area contributed by atoms with Crippen LogP contribution in [-0.2, 0) is 0 Å². The first-order chi connectivity index (χ1) is 8.51. The molecule has 0 heterocycles. The molecule has 0 aromatic heterocycles. The number of benzene rings is 1. The monoisotopic (exact) mass is 313 g/mol. The van der Waals surface area contributed by atoms with E-state index in [2.05, 4.69) is 39.8 Å². The fourth-order valence-electron chi connectivity index (χ4n) is 1.92. The largest absolute Gasteiger partial charge is 0.409 e. The van der Waals surface area contributed by atoms with Crippen LogP contribution in [0.15, 0.2) is 27.8 Å². The van der Waals surface area contributed by atoms with Gasteiger partial charge in [0.25, 0.3) is 0 Å². The Kier molecular flexibility index (Phi) is 5.47. The van der Waals surface area contributed by atoms with Crippen molar-refractivity contribution >= 4 is 27.5 Å². The van der Waals surface area contributed by atoms with Crippen LogP contribution in [0, 0.1) is 0 Å². The molecule has 3 N–H and O–H groups in total. The van der Waals surface area contributed by atoms with Crippen molar-refractivity contribution in [2.24, 2.45) is 10.9 Å². The fraction of sp³-hybridized carbons (Fsp3) is 0.462. The summed E-state index contributed by atoms with van der Waals surface area (Å²) >= 11 is 3.45. The van der Waals surface area contributed by atoms with Crippen LogP contribution < -0.4 is 10.6 Å². The molecule has 0 bridgehead atoms. The lowest BCUT2D eigenvalue weighted by Gasteiger charge is -2.28. The van der Waals surface area contributed by atoms with Crippen molar-refractivity contribution in [3.05, 3.63) is 28.2 Å². The van der Waals surface area contributed by atoms with Crippen molar-refractivity contribution in [3.63, 3.8) is 0 Å². The van der Waals surface area contributed by atoms with Crippen LogP contribution in [0.2, 0.25) is 0 Å². The molecule has 1 rings (SSSR count). The first kappa shape index (κ1) is 14.8. The van der Waals surface area contributed by atoms with Crippen LogP contribution in [-0.4, -0.2) is 24.1 Å². The van der Waals surface area contributed by atoms with Gasteiger partial charge in [-0.25, -0.2) is 0 Å². The summed E-state index contributed by atoms with van der Waals surface area (Å²) in [6.07, 6.45) is 2.22. The summed E-state index contributed by atoms with van der Waals surface area (Å²) in [5.74, 6) is 0.132. The van der Waals surface area contributed by atoms with Gasteiger partial charge in [0.15, 0.2) is 5.84 Å².